The summed E-state index contributed by atoms with van der Waals surface area (Å²) in [5.41, 5.74) is 0. The Labute approximate surface area is 105 Å². The van der Waals surface area contributed by atoms with Crippen molar-refractivity contribution in [2.24, 2.45) is 0 Å². The number of nitrogens with zero attached hydrogens (tertiary/aromatic N) is 2. The molecule has 1 aliphatic heterocycles. The molecule has 1 atom stereocenters. The van der Waals surface area contributed by atoms with Gasteiger partial charge in [-0.3, -0.25) is 0 Å². The van der Waals surface area contributed by atoms with Gasteiger partial charge in [0.2, 0.25) is 0 Å². The van der Waals surface area contributed by atoms with Crippen molar-refractivity contribution < 1.29 is 9.13 Å². The van der Waals surface area contributed by atoms with Crippen LogP contribution in [-0.4, -0.2) is 44.4 Å². The second kappa shape index (κ2) is 5.62. The van der Waals surface area contributed by atoms with Crippen LogP contribution >= 0.6 is 11.6 Å². The Morgan fingerprint density at radius 3 is 3.18 bits per heavy atom. The Bertz CT molecular complexity index is 385. The van der Waals surface area contributed by atoms with Crippen LogP contribution in [0.1, 0.15) is 0 Å². The average Bonchev–Trinajstić information content (AvgIpc) is 2.30. The first-order chi connectivity index (χ1) is 8.16. The van der Waals surface area contributed by atoms with Gasteiger partial charge in [-0.1, -0.05) is 11.6 Å². The molecule has 4 nitrogen and oxygen atoms in total. The highest BCUT2D eigenvalue weighted by Crippen LogP contribution is 2.19. The molecule has 1 aromatic heterocycles. The average molecular weight is 260 g/mol. The monoisotopic (exact) mass is 259 g/mol. The summed E-state index contributed by atoms with van der Waals surface area (Å²) in [6, 6.07) is 1.26. The fourth-order valence-electron chi connectivity index (χ4n) is 1.82. The fourth-order valence-corrected chi connectivity index (χ4v) is 1.96. The number of hydrogen-bond acceptors (Lipinski definition) is 4. The number of pyridine rings is 1. The molecular weight excluding hydrogens is 245 g/mol. The lowest BCUT2D eigenvalue weighted by Crippen LogP contribution is -2.44. The first-order valence-electron chi connectivity index (χ1n) is 5.51. The lowest BCUT2D eigenvalue weighted by molar-refractivity contribution is 0.0338. The molecule has 1 saturated heterocycles. The van der Waals surface area contributed by atoms with Crippen molar-refractivity contribution in [2.45, 2.75) is 6.10 Å². The van der Waals surface area contributed by atoms with Crippen molar-refractivity contribution in [3.05, 3.63) is 23.1 Å². The van der Waals surface area contributed by atoms with E-state index in [1.54, 1.807) is 11.9 Å². The number of ether oxygens (including phenoxy) is 1. The first kappa shape index (κ1) is 12.5. The molecule has 17 heavy (non-hydrogen) atoms. The summed E-state index contributed by atoms with van der Waals surface area (Å²) < 4.78 is 19.2. The van der Waals surface area contributed by atoms with Crippen LogP contribution < -0.4 is 10.2 Å². The van der Waals surface area contributed by atoms with Gasteiger partial charge in [-0.25, -0.2) is 9.37 Å². The number of likely N-dealkylation sites (N-methyl/N-ethyl adjacent to an activating group) is 1. The molecule has 94 valence electrons. The molecule has 0 aromatic carbocycles. The highest BCUT2D eigenvalue weighted by molar-refractivity contribution is 6.30. The summed E-state index contributed by atoms with van der Waals surface area (Å²) in [5, 5.41) is 3.53. The fraction of sp³-hybridized carbons (Fsp3) is 0.545. The van der Waals surface area contributed by atoms with Crippen LogP contribution in [0.25, 0.3) is 0 Å². The zero-order valence-electron chi connectivity index (χ0n) is 9.62. The number of hydrogen-bond donors (Lipinski definition) is 1. The maximum absolute atomic E-state index is 13.6. The quantitative estimate of drug-likeness (QED) is 0.888. The van der Waals surface area contributed by atoms with E-state index in [1.165, 1.54) is 12.3 Å². The summed E-state index contributed by atoms with van der Waals surface area (Å²) in [6.45, 7) is 2.93. The Hall–Kier alpha value is -0.910. The maximum Gasteiger partial charge on any atom is 0.167 e. The number of halogens is 2. The van der Waals surface area contributed by atoms with Crippen molar-refractivity contribution in [3.8, 4) is 0 Å². The van der Waals surface area contributed by atoms with Gasteiger partial charge in [0.25, 0.3) is 0 Å². The molecule has 6 heteroatoms. The highest BCUT2D eigenvalue weighted by Gasteiger charge is 2.18. The van der Waals surface area contributed by atoms with E-state index in [9.17, 15) is 4.39 Å². The molecule has 1 unspecified atom stereocenters. The molecule has 0 aliphatic carbocycles. The molecule has 2 rings (SSSR count). The molecule has 0 amide bonds. The Morgan fingerprint density at radius 2 is 2.53 bits per heavy atom. The molecular formula is C11H15ClFN3O. The second-order valence-corrected chi connectivity index (χ2v) is 4.47. The van der Waals surface area contributed by atoms with E-state index in [-0.39, 0.29) is 6.10 Å². The maximum atomic E-state index is 13.6. The van der Waals surface area contributed by atoms with Crippen LogP contribution in [0.15, 0.2) is 12.3 Å². The van der Waals surface area contributed by atoms with Gasteiger partial charge in [-0.2, -0.15) is 0 Å². The standard InChI is InChI=1S/C11H15ClFN3O/c1-16(7-9-6-14-2-3-17-9)11-10(13)4-8(12)5-15-11/h4-5,9,14H,2-3,6-7H2,1H3. The van der Waals surface area contributed by atoms with Crippen molar-refractivity contribution in [3.63, 3.8) is 0 Å². The predicted molar refractivity (Wildman–Crippen MR) is 65.1 cm³/mol. The van der Waals surface area contributed by atoms with Gasteiger partial charge >= 0.3 is 0 Å². The van der Waals surface area contributed by atoms with Crippen molar-refractivity contribution in [1.82, 2.24) is 10.3 Å². The number of anilines is 1. The highest BCUT2D eigenvalue weighted by atomic mass is 35.5. The largest absolute Gasteiger partial charge is 0.374 e. The normalized spacial score (nSPS) is 20.3. The van der Waals surface area contributed by atoms with Gasteiger partial charge in [0.1, 0.15) is 0 Å². The molecule has 2 heterocycles. The SMILES string of the molecule is CN(CC1CNCCO1)c1ncc(Cl)cc1F. The van der Waals surface area contributed by atoms with Gasteiger partial charge in [-0.05, 0) is 6.07 Å². The lowest BCUT2D eigenvalue weighted by atomic mass is 10.3. The number of rotatable bonds is 3. The van der Waals surface area contributed by atoms with Crippen LogP contribution in [0.2, 0.25) is 5.02 Å². The molecule has 0 radical (unpaired) electrons. The van der Waals surface area contributed by atoms with E-state index >= 15 is 0 Å². The van der Waals surface area contributed by atoms with Gasteiger partial charge in [0.15, 0.2) is 11.6 Å². The van der Waals surface area contributed by atoms with Crippen molar-refractivity contribution in [2.75, 3.05) is 38.2 Å². The molecule has 1 N–H and O–H groups in total. The third-order valence-electron chi connectivity index (χ3n) is 2.63. The summed E-state index contributed by atoms with van der Waals surface area (Å²) in [5.74, 6) is -0.118. The minimum absolute atomic E-state index is 0.0608. The topological polar surface area (TPSA) is 37.4 Å². The van der Waals surface area contributed by atoms with E-state index in [4.69, 9.17) is 16.3 Å². The van der Waals surface area contributed by atoms with Crippen molar-refractivity contribution >= 4 is 17.4 Å². The third kappa shape index (κ3) is 3.28. The van der Waals surface area contributed by atoms with Gasteiger partial charge in [0, 0.05) is 32.9 Å². The minimum atomic E-state index is -0.413. The predicted octanol–water partition coefficient (Wildman–Crippen LogP) is 1.30. The number of aromatic nitrogens is 1. The minimum Gasteiger partial charge on any atom is -0.374 e. The Kier molecular flexibility index (Phi) is 4.15. The van der Waals surface area contributed by atoms with Gasteiger partial charge in [0.05, 0.1) is 17.7 Å². The van der Waals surface area contributed by atoms with Gasteiger partial charge in [-0.15, -0.1) is 0 Å². The molecule has 0 spiro atoms. The molecule has 1 aromatic rings. The van der Waals surface area contributed by atoms with E-state index in [0.29, 0.717) is 24.0 Å². The molecule has 0 bridgehead atoms. The van der Waals surface area contributed by atoms with Crippen LogP contribution in [0, 0.1) is 5.82 Å². The van der Waals surface area contributed by atoms with E-state index in [1.807, 2.05) is 0 Å². The van der Waals surface area contributed by atoms with Crippen molar-refractivity contribution in [1.29, 1.82) is 0 Å². The van der Waals surface area contributed by atoms with Crippen LogP contribution in [-0.2, 0) is 4.74 Å². The zero-order chi connectivity index (χ0) is 12.3. The summed E-state index contributed by atoms with van der Waals surface area (Å²) in [4.78, 5) is 5.73. The Morgan fingerprint density at radius 1 is 1.71 bits per heavy atom. The molecule has 1 aliphatic rings. The number of morpholine rings is 1. The first-order valence-corrected chi connectivity index (χ1v) is 5.89. The Balaban J connectivity index is 2.00. The molecule has 1 fully saturated rings. The smallest absolute Gasteiger partial charge is 0.167 e. The summed E-state index contributed by atoms with van der Waals surface area (Å²) >= 11 is 5.66. The van der Waals surface area contributed by atoms with Crippen LogP contribution in [0.4, 0.5) is 10.2 Å². The number of nitrogens with one attached hydrogen (secondary N) is 1. The van der Waals surface area contributed by atoms with E-state index in [2.05, 4.69) is 10.3 Å². The third-order valence-corrected chi connectivity index (χ3v) is 2.84. The van der Waals surface area contributed by atoms with Crippen LogP contribution in [0.3, 0.4) is 0 Å². The van der Waals surface area contributed by atoms with Crippen LogP contribution in [0.5, 0.6) is 0 Å². The summed E-state index contributed by atoms with van der Waals surface area (Å²) in [7, 11) is 1.79. The summed E-state index contributed by atoms with van der Waals surface area (Å²) in [6.07, 6.45) is 1.50. The van der Waals surface area contributed by atoms with E-state index in [0.717, 1.165) is 13.1 Å². The van der Waals surface area contributed by atoms with E-state index < -0.39 is 5.82 Å². The molecule has 0 saturated carbocycles. The lowest BCUT2D eigenvalue weighted by Gasteiger charge is -2.28. The second-order valence-electron chi connectivity index (χ2n) is 4.04. The zero-order valence-corrected chi connectivity index (χ0v) is 10.4. The van der Waals surface area contributed by atoms with Gasteiger partial charge < -0.3 is 15.0 Å².